The van der Waals surface area contributed by atoms with E-state index >= 15 is 0 Å². The quantitative estimate of drug-likeness (QED) is 0.690. The fraction of sp³-hybridized carbons (Fsp3) is 0.909. The zero-order chi connectivity index (χ0) is 11.9. The van der Waals surface area contributed by atoms with Gasteiger partial charge in [0.1, 0.15) is 5.60 Å². The van der Waals surface area contributed by atoms with Crippen molar-refractivity contribution >= 4 is 6.09 Å². The van der Waals surface area contributed by atoms with E-state index in [0.717, 1.165) is 13.0 Å². The van der Waals surface area contributed by atoms with E-state index in [1.54, 1.807) is 0 Å². The van der Waals surface area contributed by atoms with Crippen molar-refractivity contribution in [1.29, 1.82) is 0 Å². The van der Waals surface area contributed by atoms with Gasteiger partial charge in [-0.1, -0.05) is 13.8 Å². The Morgan fingerprint density at radius 3 is 2.33 bits per heavy atom. The Kier molecular flexibility index (Phi) is 6.32. The molecule has 1 amide bonds. The van der Waals surface area contributed by atoms with Gasteiger partial charge < -0.3 is 15.4 Å². The third-order valence-corrected chi connectivity index (χ3v) is 1.57. The van der Waals surface area contributed by atoms with Gasteiger partial charge in [0, 0.05) is 12.6 Å². The second-order valence-corrected chi connectivity index (χ2v) is 4.89. The normalized spacial score (nSPS) is 11.6. The van der Waals surface area contributed by atoms with Gasteiger partial charge in [-0.2, -0.15) is 0 Å². The molecule has 0 aliphatic rings. The molecule has 0 aromatic rings. The summed E-state index contributed by atoms with van der Waals surface area (Å²) in [6.07, 6.45) is 0.573. The fourth-order valence-corrected chi connectivity index (χ4v) is 0.984. The molecule has 0 atom stereocenters. The second-order valence-electron chi connectivity index (χ2n) is 4.89. The molecule has 0 aromatic heterocycles. The highest BCUT2D eigenvalue weighted by Gasteiger charge is 2.15. The SMILES string of the molecule is CC(C)NCCCNC(=O)OC(C)(C)C. The fourth-order valence-electron chi connectivity index (χ4n) is 0.984. The first-order valence-electron chi connectivity index (χ1n) is 5.51. The van der Waals surface area contributed by atoms with Crippen molar-refractivity contribution in [2.24, 2.45) is 0 Å². The van der Waals surface area contributed by atoms with Crippen LogP contribution >= 0.6 is 0 Å². The third-order valence-electron chi connectivity index (χ3n) is 1.57. The van der Waals surface area contributed by atoms with Crippen molar-refractivity contribution in [2.45, 2.75) is 52.7 Å². The predicted molar refractivity (Wildman–Crippen MR) is 62.0 cm³/mol. The summed E-state index contributed by atoms with van der Waals surface area (Å²) in [7, 11) is 0. The van der Waals surface area contributed by atoms with Gasteiger partial charge in [-0.15, -0.1) is 0 Å². The van der Waals surface area contributed by atoms with Crippen LogP contribution in [-0.4, -0.2) is 30.8 Å². The number of carbonyl (C=O) groups is 1. The molecular weight excluding hydrogens is 192 g/mol. The second kappa shape index (κ2) is 6.67. The third kappa shape index (κ3) is 11.2. The van der Waals surface area contributed by atoms with Crippen LogP contribution in [0.3, 0.4) is 0 Å². The summed E-state index contributed by atoms with van der Waals surface area (Å²) in [5.74, 6) is 0. The molecule has 2 N–H and O–H groups in total. The first-order valence-corrected chi connectivity index (χ1v) is 5.51. The molecule has 0 unspecified atom stereocenters. The Morgan fingerprint density at radius 1 is 1.27 bits per heavy atom. The molecule has 4 nitrogen and oxygen atoms in total. The van der Waals surface area contributed by atoms with Crippen LogP contribution in [0.4, 0.5) is 4.79 Å². The van der Waals surface area contributed by atoms with E-state index in [1.165, 1.54) is 0 Å². The molecule has 0 aliphatic heterocycles. The molecule has 0 rings (SSSR count). The minimum atomic E-state index is -0.416. The van der Waals surface area contributed by atoms with Crippen LogP contribution in [0.2, 0.25) is 0 Å². The first kappa shape index (κ1) is 14.2. The number of hydrogen-bond acceptors (Lipinski definition) is 3. The van der Waals surface area contributed by atoms with E-state index in [2.05, 4.69) is 24.5 Å². The Labute approximate surface area is 92.8 Å². The van der Waals surface area contributed by atoms with Crippen molar-refractivity contribution in [3.63, 3.8) is 0 Å². The molecule has 0 spiro atoms. The zero-order valence-corrected chi connectivity index (χ0v) is 10.5. The number of hydrogen-bond donors (Lipinski definition) is 2. The highest BCUT2D eigenvalue weighted by molar-refractivity contribution is 5.67. The molecule has 0 aliphatic carbocycles. The standard InChI is InChI=1S/C11H24N2O2/c1-9(2)12-7-6-8-13-10(14)15-11(3,4)5/h9,12H,6-8H2,1-5H3,(H,13,14). The maximum Gasteiger partial charge on any atom is 0.407 e. The number of ether oxygens (including phenoxy) is 1. The van der Waals surface area contributed by atoms with Gasteiger partial charge in [0.15, 0.2) is 0 Å². The van der Waals surface area contributed by atoms with E-state index in [4.69, 9.17) is 4.74 Å². The van der Waals surface area contributed by atoms with Crippen LogP contribution in [0, 0.1) is 0 Å². The summed E-state index contributed by atoms with van der Waals surface area (Å²) in [6.45, 7) is 11.3. The summed E-state index contributed by atoms with van der Waals surface area (Å²) >= 11 is 0. The average molecular weight is 216 g/mol. The average Bonchev–Trinajstić information content (AvgIpc) is 1.99. The zero-order valence-electron chi connectivity index (χ0n) is 10.5. The molecule has 0 saturated heterocycles. The van der Waals surface area contributed by atoms with E-state index in [9.17, 15) is 4.79 Å². The van der Waals surface area contributed by atoms with Crippen LogP contribution in [0.25, 0.3) is 0 Å². The lowest BCUT2D eigenvalue weighted by atomic mass is 10.2. The molecule has 4 heteroatoms. The first-order chi connectivity index (χ1) is 6.81. The minimum Gasteiger partial charge on any atom is -0.444 e. The molecule has 0 heterocycles. The predicted octanol–water partition coefficient (Wildman–Crippen LogP) is 1.90. The van der Waals surface area contributed by atoms with Gasteiger partial charge in [0.2, 0.25) is 0 Å². The molecule has 0 aromatic carbocycles. The number of nitrogens with one attached hydrogen (secondary N) is 2. The Hall–Kier alpha value is -0.770. The van der Waals surface area contributed by atoms with Gasteiger partial charge >= 0.3 is 6.09 Å². The van der Waals surface area contributed by atoms with E-state index < -0.39 is 5.60 Å². The Balaban J connectivity index is 3.40. The summed E-state index contributed by atoms with van der Waals surface area (Å²) in [4.78, 5) is 11.2. The topological polar surface area (TPSA) is 50.4 Å². The molecule has 0 saturated carbocycles. The van der Waals surface area contributed by atoms with E-state index in [1.807, 2.05) is 20.8 Å². The minimum absolute atomic E-state index is 0.341. The van der Waals surface area contributed by atoms with E-state index in [-0.39, 0.29) is 6.09 Å². The van der Waals surface area contributed by atoms with Crippen molar-refractivity contribution in [2.75, 3.05) is 13.1 Å². The smallest absolute Gasteiger partial charge is 0.407 e. The molecule has 0 radical (unpaired) electrons. The summed E-state index contributed by atoms with van der Waals surface area (Å²) in [5.41, 5.74) is -0.416. The largest absolute Gasteiger partial charge is 0.444 e. The Morgan fingerprint density at radius 2 is 1.87 bits per heavy atom. The van der Waals surface area contributed by atoms with Gasteiger partial charge in [-0.05, 0) is 33.7 Å². The summed E-state index contributed by atoms with van der Waals surface area (Å²) < 4.78 is 5.09. The molecular formula is C11H24N2O2. The molecule has 90 valence electrons. The van der Waals surface area contributed by atoms with Crippen molar-refractivity contribution in [1.82, 2.24) is 10.6 Å². The lowest BCUT2D eigenvalue weighted by Crippen LogP contribution is -2.34. The molecule has 0 fully saturated rings. The van der Waals surface area contributed by atoms with Crippen LogP contribution < -0.4 is 10.6 Å². The van der Waals surface area contributed by atoms with Crippen LogP contribution in [-0.2, 0) is 4.74 Å². The summed E-state index contributed by atoms with van der Waals surface area (Å²) in [5, 5.41) is 5.99. The highest BCUT2D eigenvalue weighted by Crippen LogP contribution is 2.06. The molecule has 0 bridgehead atoms. The summed E-state index contributed by atoms with van der Waals surface area (Å²) in [6, 6.07) is 0.492. The highest BCUT2D eigenvalue weighted by atomic mass is 16.6. The monoisotopic (exact) mass is 216 g/mol. The number of carbonyl (C=O) groups excluding carboxylic acids is 1. The van der Waals surface area contributed by atoms with Crippen molar-refractivity contribution in [3.8, 4) is 0 Å². The van der Waals surface area contributed by atoms with Gasteiger partial charge in [-0.3, -0.25) is 0 Å². The number of amides is 1. The van der Waals surface area contributed by atoms with Gasteiger partial charge in [0.25, 0.3) is 0 Å². The lowest BCUT2D eigenvalue weighted by Gasteiger charge is -2.19. The van der Waals surface area contributed by atoms with Crippen LogP contribution in [0.1, 0.15) is 41.0 Å². The maximum atomic E-state index is 11.2. The number of rotatable bonds is 5. The van der Waals surface area contributed by atoms with Crippen molar-refractivity contribution in [3.05, 3.63) is 0 Å². The van der Waals surface area contributed by atoms with Crippen molar-refractivity contribution < 1.29 is 9.53 Å². The Bertz CT molecular complexity index is 186. The maximum absolute atomic E-state index is 11.2. The van der Waals surface area contributed by atoms with Crippen LogP contribution in [0.5, 0.6) is 0 Å². The lowest BCUT2D eigenvalue weighted by molar-refractivity contribution is 0.0527. The van der Waals surface area contributed by atoms with Gasteiger partial charge in [-0.25, -0.2) is 4.79 Å². The molecule has 15 heavy (non-hydrogen) atoms. The van der Waals surface area contributed by atoms with E-state index in [0.29, 0.717) is 12.6 Å². The number of alkyl carbamates (subject to hydrolysis) is 1. The van der Waals surface area contributed by atoms with Gasteiger partial charge in [0.05, 0.1) is 0 Å². The van der Waals surface area contributed by atoms with Crippen LogP contribution in [0.15, 0.2) is 0 Å².